The molecule has 0 bridgehead atoms. The van der Waals surface area contributed by atoms with Gasteiger partial charge in [-0.3, -0.25) is 9.59 Å². The van der Waals surface area contributed by atoms with Crippen molar-refractivity contribution in [2.45, 2.75) is 31.9 Å². The number of ether oxygens (including phenoxy) is 1. The van der Waals surface area contributed by atoms with Gasteiger partial charge >= 0.3 is 0 Å². The maximum atomic E-state index is 12.7. The molecule has 1 atom stereocenters. The Bertz CT molecular complexity index is 726. The van der Waals surface area contributed by atoms with Crippen LogP contribution in [0.3, 0.4) is 0 Å². The van der Waals surface area contributed by atoms with Crippen molar-refractivity contribution >= 4 is 11.8 Å². The summed E-state index contributed by atoms with van der Waals surface area (Å²) in [7, 11) is 1.59. The highest BCUT2D eigenvalue weighted by Gasteiger charge is 2.33. The third-order valence-corrected chi connectivity index (χ3v) is 4.31. The average Bonchev–Trinajstić information content (AvgIpc) is 3.15. The van der Waals surface area contributed by atoms with Crippen LogP contribution in [-0.2, 0) is 11.4 Å². The van der Waals surface area contributed by atoms with E-state index >= 15 is 0 Å². The molecular weight excluding hydrogens is 320 g/mol. The van der Waals surface area contributed by atoms with Gasteiger partial charge in [0.25, 0.3) is 5.91 Å². The predicted molar refractivity (Wildman–Crippen MR) is 92.2 cm³/mol. The second-order valence-electron chi connectivity index (χ2n) is 5.99. The number of carbonyl (C=O) groups excluding carboxylic acids is 2. The molecule has 1 aromatic carbocycles. The van der Waals surface area contributed by atoms with E-state index in [1.807, 2.05) is 30.3 Å². The molecule has 25 heavy (non-hydrogen) atoms. The lowest BCUT2D eigenvalue weighted by Gasteiger charge is -2.33. The zero-order valence-electron chi connectivity index (χ0n) is 14.2. The number of rotatable bonds is 5. The van der Waals surface area contributed by atoms with Crippen molar-refractivity contribution in [2.24, 2.45) is 0 Å². The number of benzene rings is 1. The topological polar surface area (TPSA) is 71.8 Å². The number of likely N-dealkylation sites (N-methyl/N-ethyl adjacent to an activating group) is 1. The Morgan fingerprint density at radius 3 is 2.76 bits per heavy atom. The first kappa shape index (κ1) is 17.1. The zero-order valence-corrected chi connectivity index (χ0v) is 14.2. The van der Waals surface area contributed by atoms with Crippen LogP contribution in [-0.4, -0.2) is 36.3 Å². The Kier molecular flexibility index (Phi) is 5.38. The number of hydrogen-bond donors (Lipinski definition) is 1. The molecule has 0 spiro atoms. The van der Waals surface area contributed by atoms with E-state index in [1.54, 1.807) is 24.1 Å². The monoisotopic (exact) mass is 342 g/mol. The highest BCUT2D eigenvalue weighted by atomic mass is 16.5. The summed E-state index contributed by atoms with van der Waals surface area (Å²) in [5, 5.41) is 2.63. The molecule has 1 aliphatic heterocycles. The van der Waals surface area contributed by atoms with E-state index in [1.165, 1.54) is 0 Å². The molecule has 1 fully saturated rings. The van der Waals surface area contributed by atoms with Crippen LogP contribution in [0.25, 0.3) is 0 Å². The van der Waals surface area contributed by atoms with Crippen LogP contribution in [0.4, 0.5) is 0 Å². The number of nitrogens with one attached hydrogen (secondary N) is 1. The van der Waals surface area contributed by atoms with Crippen molar-refractivity contribution < 1.29 is 18.7 Å². The molecule has 0 unspecified atom stereocenters. The number of likely N-dealkylation sites (tertiary alicyclic amines) is 1. The molecule has 1 N–H and O–H groups in total. The number of piperidine rings is 1. The summed E-state index contributed by atoms with van der Waals surface area (Å²) in [4.78, 5) is 26.4. The van der Waals surface area contributed by atoms with Gasteiger partial charge < -0.3 is 19.4 Å². The molecular formula is C19H22N2O4. The van der Waals surface area contributed by atoms with Gasteiger partial charge in [0.1, 0.15) is 24.2 Å². The fraction of sp³-hybridized carbons (Fsp3) is 0.368. The minimum Gasteiger partial charge on any atom is -0.486 e. The van der Waals surface area contributed by atoms with Crippen molar-refractivity contribution in [1.82, 2.24) is 10.2 Å². The van der Waals surface area contributed by atoms with Crippen LogP contribution in [0, 0.1) is 0 Å². The van der Waals surface area contributed by atoms with Crippen LogP contribution < -0.4 is 10.1 Å². The molecule has 2 aromatic rings. The molecule has 0 aliphatic carbocycles. The number of carbonyl (C=O) groups is 2. The van der Waals surface area contributed by atoms with E-state index in [2.05, 4.69) is 5.32 Å². The summed E-state index contributed by atoms with van der Waals surface area (Å²) in [6.45, 7) is 0.809. The normalized spacial score (nSPS) is 17.2. The van der Waals surface area contributed by atoms with Gasteiger partial charge in [-0.15, -0.1) is 0 Å². The second kappa shape index (κ2) is 7.88. The number of para-hydroxylation sites is 1. The van der Waals surface area contributed by atoms with Gasteiger partial charge in [0, 0.05) is 13.6 Å². The summed E-state index contributed by atoms with van der Waals surface area (Å²) in [6, 6.07) is 12.4. The molecule has 6 nitrogen and oxygen atoms in total. The first-order chi connectivity index (χ1) is 12.2. The van der Waals surface area contributed by atoms with Gasteiger partial charge in [0.2, 0.25) is 5.91 Å². The van der Waals surface area contributed by atoms with Gasteiger partial charge in [-0.25, -0.2) is 0 Å². The zero-order chi connectivity index (χ0) is 17.6. The molecule has 1 aromatic heterocycles. The Labute approximate surface area is 146 Å². The molecule has 0 radical (unpaired) electrons. The minimum atomic E-state index is -0.430. The highest BCUT2D eigenvalue weighted by molar-refractivity contribution is 5.95. The van der Waals surface area contributed by atoms with Gasteiger partial charge in [-0.1, -0.05) is 18.2 Å². The molecule has 1 aliphatic rings. The summed E-state index contributed by atoms with van der Waals surface area (Å²) >= 11 is 0. The van der Waals surface area contributed by atoms with Crippen LogP contribution in [0.5, 0.6) is 5.75 Å². The number of hydrogen-bond acceptors (Lipinski definition) is 4. The van der Waals surface area contributed by atoms with Crippen molar-refractivity contribution in [3.8, 4) is 5.75 Å². The molecule has 132 valence electrons. The standard InChI is InChI=1S/C19H22N2O4/c1-20-18(22)16-9-5-6-12-21(16)19(23)17-11-10-15(25-17)13-24-14-7-3-2-4-8-14/h2-4,7-8,10-11,16H,5-6,9,12-13H2,1H3,(H,20,22)/t16-/m1/s1. The smallest absolute Gasteiger partial charge is 0.290 e. The van der Waals surface area contributed by atoms with Crippen molar-refractivity contribution in [3.05, 3.63) is 54.0 Å². The van der Waals surface area contributed by atoms with Crippen LogP contribution in [0.15, 0.2) is 46.9 Å². The molecule has 2 amide bonds. The molecule has 0 saturated carbocycles. The van der Waals surface area contributed by atoms with Gasteiger partial charge in [0.05, 0.1) is 0 Å². The maximum absolute atomic E-state index is 12.7. The first-order valence-electron chi connectivity index (χ1n) is 8.48. The Morgan fingerprint density at radius 2 is 2.00 bits per heavy atom. The second-order valence-corrected chi connectivity index (χ2v) is 5.99. The van der Waals surface area contributed by atoms with E-state index in [0.717, 1.165) is 18.6 Å². The quantitative estimate of drug-likeness (QED) is 0.907. The van der Waals surface area contributed by atoms with Gasteiger partial charge in [0.15, 0.2) is 5.76 Å². The van der Waals surface area contributed by atoms with E-state index in [9.17, 15) is 9.59 Å². The number of nitrogens with zero attached hydrogens (tertiary/aromatic N) is 1. The highest BCUT2D eigenvalue weighted by Crippen LogP contribution is 2.21. The van der Waals surface area contributed by atoms with E-state index in [-0.39, 0.29) is 24.2 Å². The van der Waals surface area contributed by atoms with E-state index in [4.69, 9.17) is 9.15 Å². The van der Waals surface area contributed by atoms with Crippen LogP contribution >= 0.6 is 0 Å². The first-order valence-corrected chi connectivity index (χ1v) is 8.48. The van der Waals surface area contributed by atoms with Gasteiger partial charge in [-0.2, -0.15) is 0 Å². The lowest BCUT2D eigenvalue weighted by Crippen LogP contribution is -2.51. The average molecular weight is 342 g/mol. The maximum Gasteiger partial charge on any atom is 0.290 e. The summed E-state index contributed by atoms with van der Waals surface area (Å²) in [5.41, 5.74) is 0. The van der Waals surface area contributed by atoms with Gasteiger partial charge in [-0.05, 0) is 43.5 Å². The van der Waals surface area contributed by atoms with Crippen molar-refractivity contribution in [3.63, 3.8) is 0 Å². The Morgan fingerprint density at radius 1 is 1.20 bits per heavy atom. The fourth-order valence-corrected chi connectivity index (χ4v) is 3.00. The summed E-state index contributed by atoms with van der Waals surface area (Å²) in [6.07, 6.45) is 2.51. The predicted octanol–water partition coefficient (Wildman–Crippen LogP) is 2.60. The largest absolute Gasteiger partial charge is 0.486 e. The lowest BCUT2D eigenvalue weighted by molar-refractivity contribution is -0.126. The number of furan rings is 1. The van der Waals surface area contributed by atoms with Crippen LogP contribution in [0.1, 0.15) is 35.6 Å². The summed E-state index contributed by atoms with van der Waals surface area (Å²) in [5.74, 6) is 1.16. The number of amides is 2. The molecule has 2 heterocycles. The molecule has 1 saturated heterocycles. The lowest BCUT2D eigenvalue weighted by atomic mass is 10.0. The molecule has 3 rings (SSSR count). The third-order valence-electron chi connectivity index (χ3n) is 4.31. The van der Waals surface area contributed by atoms with Crippen molar-refractivity contribution in [2.75, 3.05) is 13.6 Å². The summed E-state index contributed by atoms with van der Waals surface area (Å²) < 4.78 is 11.3. The van der Waals surface area contributed by atoms with E-state index < -0.39 is 6.04 Å². The van der Waals surface area contributed by atoms with Crippen molar-refractivity contribution in [1.29, 1.82) is 0 Å². The Hall–Kier alpha value is -2.76. The van der Waals surface area contributed by atoms with E-state index in [0.29, 0.717) is 18.7 Å². The fourth-order valence-electron chi connectivity index (χ4n) is 3.00. The minimum absolute atomic E-state index is 0.132. The Balaban J connectivity index is 1.66. The third kappa shape index (κ3) is 4.02. The SMILES string of the molecule is CNC(=O)[C@H]1CCCCN1C(=O)c1ccc(COc2ccccc2)o1. The molecule has 6 heteroatoms. The van der Waals surface area contributed by atoms with Crippen LogP contribution in [0.2, 0.25) is 0 Å².